The van der Waals surface area contributed by atoms with E-state index >= 15 is 0 Å². The van der Waals surface area contributed by atoms with E-state index in [9.17, 15) is 4.79 Å². The molecule has 0 fully saturated rings. The van der Waals surface area contributed by atoms with Crippen LogP contribution in [0, 0.1) is 0 Å². The number of aliphatic carboxylic acids is 1. The van der Waals surface area contributed by atoms with Crippen LogP contribution in [-0.2, 0) is 4.79 Å². The van der Waals surface area contributed by atoms with Crippen molar-refractivity contribution in [1.29, 1.82) is 0 Å². The Morgan fingerprint density at radius 1 is 1.71 bits per heavy atom. The molecule has 1 aromatic heterocycles. The maximum absolute atomic E-state index is 10.3. The summed E-state index contributed by atoms with van der Waals surface area (Å²) in [4.78, 5) is 14.3. The Morgan fingerprint density at radius 2 is 2.43 bits per heavy atom. The van der Waals surface area contributed by atoms with Gasteiger partial charge in [-0.1, -0.05) is 11.6 Å². The second-order valence-corrected chi connectivity index (χ2v) is 3.37. The molecule has 5 heteroatoms. The van der Waals surface area contributed by atoms with Gasteiger partial charge in [-0.15, -0.1) is 0 Å². The summed E-state index contributed by atoms with van der Waals surface area (Å²) in [7, 11) is 0. The minimum Gasteiger partial charge on any atom is -0.481 e. The van der Waals surface area contributed by atoms with E-state index in [1.54, 1.807) is 18.3 Å². The van der Waals surface area contributed by atoms with Crippen molar-refractivity contribution in [2.24, 2.45) is 5.73 Å². The van der Waals surface area contributed by atoms with Crippen LogP contribution in [0.25, 0.3) is 0 Å². The quantitative estimate of drug-likeness (QED) is 0.798. The molecule has 0 bridgehead atoms. The van der Waals surface area contributed by atoms with Crippen molar-refractivity contribution in [2.75, 3.05) is 0 Å². The molecule has 0 aromatic carbocycles. The van der Waals surface area contributed by atoms with Gasteiger partial charge < -0.3 is 10.8 Å². The van der Waals surface area contributed by atoms with Crippen LogP contribution in [0.4, 0.5) is 0 Å². The third kappa shape index (κ3) is 3.32. The molecule has 3 N–H and O–H groups in total. The van der Waals surface area contributed by atoms with Gasteiger partial charge in [0.25, 0.3) is 0 Å². The van der Waals surface area contributed by atoms with Crippen LogP contribution < -0.4 is 5.73 Å². The molecule has 1 aromatic rings. The lowest BCUT2D eigenvalue weighted by atomic mass is 10.1. The largest absolute Gasteiger partial charge is 0.481 e. The molecule has 1 heterocycles. The van der Waals surface area contributed by atoms with Gasteiger partial charge in [0, 0.05) is 23.7 Å². The molecule has 1 rings (SSSR count). The number of hydrogen-bond donors (Lipinski definition) is 2. The minimum absolute atomic E-state index is 0.0371. The number of hydrogen-bond acceptors (Lipinski definition) is 3. The van der Waals surface area contributed by atoms with E-state index < -0.39 is 5.97 Å². The maximum Gasteiger partial charge on any atom is 0.303 e. The van der Waals surface area contributed by atoms with Crippen LogP contribution in [0.2, 0.25) is 5.02 Å². The lowest BCUT2D eigenvalue weighted by Crippen LogP contribution is -2.13. The van der Waals surface area contributed by atoms with E-state index in [-0.39, 0.29) is 12.5 Å². The fourth-order valence-electron chi connectivity index (χ4n) is 1.05. The van der Waals surface area contributed by atoms with Gasteiger partial charge in [0.2, 0.25) is 0 Å². The standard InChI is InChI=1S/C9H11ClN2O2/c10-6-3-4-12-8(5-6)7(11)1-2-9(13)14/h3-5,7H,1-2,11H2,(H,13,14). The predicted molar refractivity (Wildman–Crippen MR) is 53.0 cm³/mol. The number of carbonyl (C=O) groups is 1. The average Bonchev–Trinajstić information content (AvgIpc) is 2.14. The third-order valence-corrected chi connectivity index (χ3v) is 2.03. The lowest BCUT2D eigenvalue weighted by molar-refractivity contribution is -0.137. The van der Waals surface area contributed by atoms with Gasteiger partial charge in [-0.05, 0) is 18.6 Å². The van der Waals surface area contributed by atoms with E-state index in [1.807, 2.05) is 0 Å². The van der Waals surface area contributed by atoms with Crippen LogP contribution in [-0.4, -0.2) is 16.1 Å². The normalized spacial score (nSPS) is 12.4. The molecule has 0 spiro atoms. The van der Waals surface area contributed by atoms with Crippen molar-refractivity contribution in [3.05, 3.63) is 29.0 Å². The summed E-state index contributed by atoms with van der Waals surface area (Å²) in [6.45, 7) is 0. The molecule has 1 atom stereocenters. The van der Waals surface area contributed by atoms with Crippen molar-refractivity contribution in [1.82, 2.24) is 4.98 Å². The summed E-state index contributed by atoms with van der Waals surface area (Å²) >= 11 is 5.74. The first kappa shape index (κ1) is 10.9. The van der Waals surface area contributed by atoms with Crippen LogP contribution in [0.1, 0.15) is 24.6 Å². The molecule has 0 amide bonds. The zero-order valence-corrected chi connectivity index (χ0v) is 8.24. The molecule has 4 nitrogen and oxygen atoms in total. The van der Waals surface area contributed by atoms with E-state index in [0.717, 1.165) is 0 Å². The van der Waals surface area contributed by atoms with E-state index in [2.05, 4.69) is 4.98 Å². The summed E-state index contributed by atoms with van der Waals surface area (Å²) < 4.78 is 0. The van der Waals surface area contributed by atoms with Gasteiger partial charge >= 0.3 is 5.97 Å². The minimum atomic E-state index is -0.859. The zero-order chi connectivity index (χ0) is 10.6. The Hall–Kier alpha value is -1.13. The zero-order valence-electron chi connectivity index (χ0n) is 7.48. The SMILES string of the molecule is NC(CCC(=O)O)c1cc(Cl)ccn1. The molecule has 0 aliphatic carbocycles. The molecular weight excluding hydrogens is 204 g/mol. The van der Waals surface area contributed by atoms with Gasteiger partial charge in [-0.25, -0.2) is 0 Å². The van der Waals surface area contributed by atoms with Crippen molar-refractivity contribution < 1.29 is 9.90 Å². The second-order valence-electron chi connectivity index (χ2n) is 2.94. The molecule has 0 saturated carbocycles. The van der Waals surface area contributed by atoms with Crippen LogP contribution in [0.3, 0.4) is 0 Å². The number of rotatable bonds is 4. The molecule has 0 aliphatic rings. The number of aromatic nitrogens is 1. The number of carboxylic acids is 1. The molecule has 0 radical (unpaired) electrons. The molecule has 0 aliphatic heterocycles. The number of halogens is 1. The maximum atomic E-state index is 10.3. The molecule has 14 heavy (non-hydrogen) atoms. The summed E-state index contributed by atoms with van der Waals surface area (Å²) in [5.74, 6) is -0.859. The van der Waals surface area contributed by atoms with Crippen LogP contribution in [0.5, 0.6) is 0 Å². The van der Waals surface area contributed by atoms with E-state index in [0.29, 0.717) is 17.1 Å². The summed E-state index contributed by atoms with van der Waals surface area (Å²) in [6, 6.07) is 2.92. The first-order valence-electron chi connectivity index (χ1n) is 4.18. The van der Waals surface area contributed by atoms with Crippen molar-refractivity contribution in [2.45, 2.75) is 18.9 Å². The number of nitrogens with zero attached hydrogens (tertiary/aromatic N) is 1. The van der Waals surface area contributed by atoms with Gasteiger partial charge in [-0.2, -0.15) is 0 Å². The summed E-state index contributed by atoms with van der Waals surface area (Å²) in [5.41, 5.74) is 6.35. The van der Waals surface area contributed by atoms with Crippen molar-refractivity contribution in [3.63, 3.8) is 0 Å². The monoisotopic (exact) mass is 214 g/mol. The topological polar surface area (TPSA) is 76.2 Å². The van der Waals surface area contributed by atoms with E-state index in [4.69, 9.17) is 22.4 Å². The molecule has 0 saturated heterocycles. The van der Waals surface area contributed by atoms with Gasteiger partial charge in [0.05, 0.1) is 5.69 Å². The smallest absolute Gasteiger partial charge is 0.303 e. The summed E-state index contributed by atoms with van der Waals surface area (Å²) in [5, 5.41) is 9.02. The third-order valence-electron chi connectivity index (χ3n) is 1.79. The fraction of sp³-hybridized carbons (Fsp3) is 0.333. The molecule has 76 valence electrons. The van der Waals surface area contributed by atoms with Crippen molar-refractivity contribution >= 4 is 17.6 Å². The Bertz CT molecular complexity index is 330. The highest BCUT2D eigenvalue weighted by Crippen LogP contribution is 2.16. The van der Waals surface area contributed by atoms with Crippen LogP contribution >= 0.6 is 11.6 Å². The van der Waals surface area contributed by atoms with E-state index in [1.165, 1.54) is 0 Å². The molecular formula is C9H11ClN2O2. The van der Waals surface area contributed by atoms with Gasteiger partial charge in [0.1, 0.15) is 0 Å². The second kappa shape index (κ2) is 4.93. The summed E-state index contributed by atoms with van der Waals surface area (Å²) in [6.07, 6.45) is 1.95. The average molecular weight is 215 g/mol. The van der Waals surface area contributed by atoms with Crippen molar-refractivity contribution in [3.8, 4) is 0 Å². The molecule has 1 unspecified atom stereocenters. The number of nitrogens with two attached hydrogens (primary N) is 1. The highest BCUT2D eigenvalue weighted by molar-refractivity contribution is 6.30. The van der Waals surface area contributed by atoms with Gasteiger partial charge in [0.15, 0.2) is 0 Å². The Labute approximate surface area is 86.7 Å². The van der Waals surface area contributed by atoms with Crippen LogP contribution in [0.15, 0.2) is 18.3 Å². The highest BCUT2D eigenvalue weighted by Gasteiger charge is 2.09. The van der Waals surface area contributed by atoms with Gasteiger partial charge in [-0.3, -0.25) is 9.78 Å². The highest BCUT2D eigenvalue weighted by atomic mass is 35.5. The first-order valence-corrected chi connectivity index (χ1v) is 4.56. The number of pyridine rings is 1. The Balaban J connectivity index is 2.60. The number of carboxylic acid groups (broad SMARTS) is 1. The lowest BCUT2D eigenvalue weighted by Gasteiger charge is -2.09. The first-order chi connectivity index (χ1) is 6.59. The Morgan fingerprint density at radius 3 is 3.00 bits per heavy atom. The predicted octanol–water partition coefficient (Wildman–Crippen LogP) is 1.60. The fourth-order valence-corrected chi connectivity index (χ4v) is 1.22. The Kier molecular flexibility index (Phi) is 3.85.